The van der Waals surface area contributed by atoms with Gasteiger partial charge in [-0.1, -0.05) is 18.2 Å². The molecule has 13 heavy (non-hydrogen) atoms. The number of benzene rings is 1. The lowest BCUT2D eigenvalue weighted by Gasteiger charge is -1.93. The minimum atomic E-state index is -0.0512. The van der Waals surface area contributed by atoms with E-state index in [4.69, 9.17) is 0 Å². The number of para-hydroxylation sites is 1. The van der Waals surface area contributed by atoms with Gasteiger partial charge in [0.15, 0.2) is 0 Å². The van der Waals surface area contributed by atoms with Crippen LogP contribution < -0.4 is 0 Å². The lowest BCUT2D eigenvalue weighted by molar-refractivity contribution is -0.114. The number of aromatic amines is 1. The average molecular weight is 172 g/mol. The van der Waals surface area contributed by atoms with Crippen LogP contribution in [0, 0.1) is 6.92 Å². The number of H-pyrrole nitrogens is 1. The van der Waals surface area contributed by atoms with E-state index in [0.717, 1.165) is 16.5 Å². The van der Waals surface area contributed by atoms with Crippen molar-refractivity contribution < 1.29 is 4.79 Å². The predicted molar refractivity (Wildman–Crippen MR) is 52.4 cm³/mol. The molecule has 0 spiro atoms. The SMILES string of the molecule is [CH2]C(=O)Cc1c[nH]c2ccccc12. The topological polar surface area (TPSA) is 32.9 Å². The average Bonchev–Trinajstić information content (AvgIpc) is 2.48. The summed E-state index contributed by atoms with van der Waals surface area (Å²) < 4.78 is 0. The van der Waals surface area contributed by atoms with Crippen molar-refractivity contribution in [3.05, 3.63) is 42.9 Å². The lowest BCUT2D eigenvalue weighted by atomic mass is 10.1. The van der Waals surface area contributed by atoms with Crippen LogP contribution in [-0.2, 0) is 11.2 Å². The van der Waals surface area contributed by atoms with Crippen molar-refractivity contribution in [2.24, 2.45) is 0 Å². The first-order valence-electron chi connectivity index (χ1n) is 4.17. The van der Waals surface area contributed by atoms with Crippen LogP contribution in [-0.4, -0.2) is 10.8 Å². The molecule has 1 aromatic carbocycles. The Labute approximate surface area is 76.6 Å². The van der Waals surface area contributed by atoms with Gasteiger partial charge in [0, 0.05) is 30.4 Å². The molecule has 0 aliphatic carbocycles. The summed E-state index contributed by atoms with van der Waals surface area (Å²) in [6.07, 6.45) is 2.28. The molecule has 1 radical (unpaired) electrons. The van der Waals surface area contributed by atoms with Gasteiger partial charge in [-0.05, 0) is 11.6 Å². The van der Waals surface area contributed by atoms with Gasteiger partial charge in [-0.25, -0.2) is 0 Å². The molecule has 0 atom stereocenters. The number of fused-ring (bicyclic) bond motifs is 1. The van der Waals surface area contributed by atoms with Crippen molar-refractivity contribution in [3.63, 3.8) is 0 Å². The first-order valence-corrected chi connectivity index (χ1v) is 4.17. The first-order chi connectivity index (χ1) is 6.27. The Bertz CT molecular complexity index is 442. The van der Waals surface area contributed by atoms with Crippen molar-refractivity contribution in [3.8, 4) is 0 Å². The van der Waals surface area contributed by atoms with Gasteiger partial charge in [0.2, 0.25) is 0 Å². The standard InChI is InChI=1S/C11H10NO/c1-8(13)6-9-7-12-11-5-3-2-4-10(9)11/h2-5,7,12H,1,6H2. The van der Waals surface area contributed by atoms with Gasteiger partial charge in [-0.2, -0.15) is 0 Å². The zero-order valence-corrected chi connectivity index (χ0v) is 7.21. The van der Waals surface area contributed by atoms with E-state index in [0.29, 0.717) is 6.42 Å². The fourth-order valence-electron chi connectivity index (χ4n) is 1.49. The number of carbonyl (C=O) groups is 1. The van der Waals surface area contributed by atoms with E-state index in [9.17, 15) is 4.79 Å². The molecule has 2 heteroatoms. The monoisotopic (exact) mass is 172 g/mol. The van der Waals surface area contributed by atoms with Gasteiger partial charge in [0.25, 0.3) is 0 Å². The number of nitrogens with one attached hydrogen (secondary N) is 1. The maximum atomic E-state index is 10.8. The fraction of sp³-hybridized carbons (Fsp3) is 0.0909. The minimum absolute atomic E-state index is 0.0512. The lowest BCUT2D eigenvalue weighted by Crippen LogP contribution is -1.94. The predicted octanol–water partition coefficient (Wildman–Crippen LogP) is 2.11. The molecule has 0 unspecified atom stereocenters. The summed E-state index contributed by atoms with van der Waals surface area (Å²) in [5.74, 6) is -0.0512. The molecule has 2 rings (SSSR count). The highest BCUT2D eigenvalue weighted by Gasteiger charge is 2.04. The van der Waals surface area contributed by atoms with Crippen LogP contribution in [0.5, 0.6) is 0 Å². The zero-order valence-electron chi connectivity index (χ0n) is 7.21. The van der Waals surface area contributed by atoms with Crippen molar-refractivity contribution in [1.29, 1.82) is 0 Å². The highest BCUT2D eigenvalue weighted by atomic mass is 16.1. The Morgan fingerprint density at radius 3 is 2.92 bits per heavy atom. The van der Waals surface area contributed by atoms with Crippen LogP contribution in [0.3, 0.4) is 0 Å². The van der Waals surface area contributed by atoms with Crippen molar-refractivity contribution in [2.75, 3.05) is 0 Å². The first kappa shape index (κ1) is 8.05. The quantitative estimate of drug-likeness (QED) is 0.739. The highest BCUT2D eigenvalue weighted by molar-refractivity contribution is 5.91. The van der Waals surface area contributed by atoms with Crippen molar-refractivity contribution in [1.82, 2.24) is 4.98 Å². The highest BCUT2D eigenvalue weighted by Crippen LogP contribution is 2.17. The molecule has 1 heterocycles. The van der Waals surface area contributed by atoms with Crippen molar-refractivity contribution >= 4 is 16.7 Å². The van der Waals surface area contributed by atoms with Crippen LogP contribution in [0.25, 0.3) is 10.9 Å². The summed E-state index contributed by atoms with van der Waals surface area (Å²) in [4.78, 5) is 13.9. The van der Waals surface area contributed by atoms with E-state index < -0.39 is 0 Å². The molecule has 2 nitrogen and oxygen atoms in total. The maximum Gasteiger partial charge on any atom is 0.137 e. The number of Topliss-reactive ketones (excluding diaryl/α,β-unsaturated/α-hetero) is 1. The second kappa shape index (κ2) is 3.05. The summed E-state index contributed by atoms with van der Waals surface area (Å²) >= 11 is 0. The summed E-state index contributed by atoms with van der Waals surface area (Å²) in [5, 5.41) is 1.11. The number of aromatic nitrogens is 1. The van der Waals surface area contributed by atoms with Crippen LogP contribution in [0.2, 0.25) is 0 Å². The Hall–Kier alpha value is -1.57. The van der Waals surface area contributed by atoms with E-state index in [1.54, 1.807) is 0 Å². The van der Waals surface area contributed by atoms with Crippen LogP contribution >= 0.6 is 0 Å². The zero-order chi connectivity index (χ0) is 9.26. The van der Waals surface area contributed by atoms with E-state index >= 15 is 0 Å². The van der Waals surface area contributed by atoms with E-state index in [-0.39, 0.29) is 5.78 Å². The molecule has 1 N–H and O–H groups in total. The van der Waals surface area contributed by atoms with E-state index in [2.05, 4.69) is 11.9 Å². The third-order valence-electron chi connectivity index (χ3n) is 2.06. The van der Waals surface area contributed by atoms with Gasteiger partial charge >= 0.3 is 0 Å². The summed E-state index contributed by atoms with van der Waals surface area (Å²) in [6, 6.07) is 7.93. The molecule has 0 amide bonds. The summed E-state index contributed by atoms with van der Waals surface area (Å²) in [6.45, 7) is 3.37. The second-order valence-electron chi connectivity index (χ2n) is 3.07. The van der Waals surface area contributed by atoms with Gasteiger partial charge in [-0.3, -0.25) is 4.79 Å². The molecule has 1 aromatic heterocycles. The summed E-state index contributed by atoms with van der Waals surface area (Å²) in [7, 11) is 0. The third-order valence-corrected chi connectivity index (χ3v) is 2.06. The smallest absolute Gasteiger partial charge is 0.137 e. The number of ketones is 1. The third kappa shape index (κ3) is 1.47. The van der Waals surface area contributed by atoms with Gasteiger partial charge < -0.3 is 4.98 Å². The Balaban J connectivity index is 2.51. The minimum Gasteiger partial charge on any atom is -0.361 e. The molecular formula is C11H10NO. The van der Waals surface area contributed by atoms with Crippen molar-refractivity contribution in [2.45, 2.75) is 6.42 Å². The molecule has 0 saturated carbocycles. The molecule has 0 saturated heterocycles. The van der Waals surface area contributed by atoms with Crippen LogP contribution in [0.4, 0.5) is 0 Å². The number of carbonyl (C=O) groups excluding carboxylic acids is 1. The maximum absolute atomic E-state index is 10.8. The van der Waals surface area contributed by atoms with E-state index in [1.807, 2.05) is 30.5 Å². The number of hydrogen-bond acceptors (Lipinski definition) is 1. The van der Waals surface area contributed by atoms with Crippen LogP contribution in [0.15, 0.2) is 30.5 Å². The second-order valence-corrected chi connectivity index (χ2v) is 3.07. The van der Waals surface area contributed by atoms with Gasteiger partial charge in [0.1, 0.15) is 5.78 Å². The number of hydrogen-bond donors (Lipinski definition) is 1. The number of rotatable bonds is 2. The molecular weight excluding hydrogens is 162 g/mol. The van der Waals surface area contributed by atoms with Gasteiger partial charge in [-0.15, -0.1) is 0 Å². The van der Waals surface area contributed by atoms with Gasteiger partial charge in [0.05, 0.1) is 0 Å². The summed E-state index contributed by atoms with van der Waals surface area (Å²) in [5.41, 5.74) is 2.09. The normalized spacial score (nSPS) is 10.5. The molecule has 2 aromatic rings. The molecule has 0 aliphatic heterocycles. The Morgan fingerprint density at radius 2 is 2.15 bits per heavy atom. The molecule has 0 bridgehead atoms. The molecule has 0 aliphatic rings. The van der Waals surface area contributed by atoms with E-state index in [1.165, 1.54) is 0 Å². The van der Waals surface area contributed by atoms with Crippen LogP contribution in [0.1, 0.15) is 5.56 Å². The Kier molecular flexibility index (Phi) is 1.89. The fourth-order valence-corrected chi connectivity index (χ4v) is 1.49. The molecule has 65 valence electrons. The largest absolute Gasteiger partial charge is 0.361 e. The Morgan fingerprint density at radius 1 is 1.38 bits per heavy atom. The molecule has 0 fully saturated rings.